The van der Waals surface area contributed by atoms with Crippen LogP contribution >= 0.6 is 0 Å². The zero-order valence-corrected chi connectivity index (χ0v) is 10.1. The Morgan fingerprint density at radius 1 is 0.842 bits per heavy atom. The van der Waals surface area contributed by atoms with E-state index in [0.717, 1.165) is 10.9 Å². The first-order chi connectivity index (χ1) is 9.29. The molecule has 0 amide bonds. The van der Waals surface area contributed by atoms with Crippen molar-refractivity contribution in [2.45, 2.75) is 0 Å². The van der Waals surface area contributed by atoms with E-state index in [0.29, 0.717) is 5.75 Å². The summed E-state index contributed by atoms with van der Waals surface area (Å²) in [5.41, 5.74) is 0.801. The number of benzene rings is 2. The SMILES string of the molecule is O=Nc1ccc2ccccc2n1.Oc1ccccc1. The van der Waals surface area contributed by atoms with Gasteiger partial charge in [0.2, 0.25) is 0 Å². The Labute approximate surface area is 110 Å². The van der Waals surface area contributed by atoms with Crippen LogP contribution in [-0.2, 0) is 0 Å². The third kappa shape index (κ3) is 3.61. The maximum atomic E-state index is 10.1. The molecule has 0 saturated carbocycles. The lowest BCUT2D eigenvalue weighted by molar-refractivity contribution is 0.475. The Bertz CT molecular complexity index is 669. The summed E-state index contributed by atoms with van der Waals surface area (Å²) in [5.74, 6) is 0.552. The van der Waals surface area contributed by atoms with Gasteiger partial charge in [0.15, 0.2) is 5.82 Å². The molecule has 1 aromatic heterocycles. The van der Waals surface area contributed by atoms with Gasteiger partial charge in [-0.05, 0) is 35.5 Å². The summed E-state index contributed by atoms with van der Waals surface area (Å²) in [6.45, 7) is 0. The van der Waals surface area contributed by atoms with Gasteiger partial charge in [-0.2, -0.15) is 0 Å². The number of aromatic hydroxyl groups is 1. The standard InChI is InChI=1S/C9H6N2O.C6H6O/c12-11-9-6-5-7-3-1-2-4-8(7)10-9;7-6-4-2-1-3-5-6/h1-6H;1-5,7H. The molecule has 0 atom stereocenters. The summed E-state index contributed by atoms with van der Waals surface area (Å²) in [6.07, 6.45) is 0. The van der Waals surface area contributed by atoms with Crippen molar-refractivity contribution >= 4 is 16.7 Å². The molecule has 0 radical (unpaired) electrons. The number of pyridine rings is 1. The number of phenolic OH excluding ortho intramolecular Hbond substituents is 1. The molecule has 1 N–H and O–H groups in total. The third-order valence-electron chi connectivity index (χ3n) is 2.43. The van der Waals surface area contributed by atoms with Gasteiger partial charge < -0.3 is 5.11 Å². The molecule has 0 aliphatic rings. The van der Waals surface area contributed by atoms with Gasteiger partial charge in [0.05, 0.1) is 5.52 Å². The molecule has 0 fully saturated rings. The number of aromatic nitrogens is 1. The second-order valence-electron chi connectivity index (χ2n) is 3.79. The highest BCUT2D eigenvalue weighted by molar-refractivity contribution is 5.79. The number of rotatable bonds is 1. The first-order valence-corrected chi connectivity index (χ1v) is 5.73. The highest BCUT2D eigenvalue weighted by atomic mass is 16.3. The maximum Gasteiger partial charge on any atom is 0.197 e. The molecule has 0 spiro atoms. The van der Waals surface area contributed by atoms with E-state index in [1.807, 2.05) is 36.4 Å². The monoisotopic (exact) mass is 252 g/mol. The summed E-state index contributed by atoms with van der Waals surface area (Å²) in [6, 6.07) is 19.8. The molecular formula is C15H12N2O2. The molecule has 4 heteroatoms. The van der Waals surface area contributed by atoms with Gasteiger partial charge in [0.25, 0.3) is 0 Å². The van der Waals surface area contributed by atoms with Crippen molar-refractivity contribution in [3.8, 4) is 5.75 Å². The summed E-state index contributed by atoms with van der Waals surface area (Å²) in [7, 11) is 0. The van der Waals surface area contributed by atoms with Gasteiger partial charge in [-0.15, -0.1) is 4.91 Å². The first-order valence-electron chi connectivity index (χ1n) is 5.73. The maximum absolute atomic E-state index is 10.1. The molecule has 3 aromatic rings. The Kier molecular flexibility index (Phi) is 4.18. The van der Waals surface area contributed by atoms with Gasteiger partial charge in [0.1, 0.15) is 5.75 Å². The largest absolute Gasteiger partial charge is 0.508 e. The van der Waals surface area contributed by atoms with Gasteiger partial charge in [0, 0.05) is 5.39 Å². The van der Waals surface area contributed by atoms with Crippen LogP contribution in [0.5, 0.6) is 5.75 Å². The number of nitrogens with zero attached hydrogens (tertiary/aromatic N) is 2. The summed E-state index contributed by atoms with van der Waals surface area (Å²) in [4.78, 5) is 14.2. The quantitative estimate of drug-likeness (QED) is 0.665. The molecule has 2 aromatic carbocycles. The van der Waals surface area contributed by atoms with Crippen LogP contribution in [0.2, 0.25) is 0 Å². The number of phenols is 1. The van der Waals surface area contributed by atoms with Crippen molar-refractivity contribution < 1.29 is 5.11 Å². The molecule has 0 bridgehead atoms. The molecule has 0 aliphatic carbocycles. The fourth-order valence-electron chi connectivity index (χ4n) is 1.53. The molecular weight excluding hydrogens is 240 g/mol. The van der Waals surface area contributed by atoms with Gasteiger partial charge >= 0.3 is 0 Å². The minimum absolute atomic E-state index is 0.230. The summed E-state index contributed by atoms with van der Waals surface area (Å²) < 4.78 is 0. The van der Waals surface area contributed by atoms with E-state index in [-0.39, 0.29) is 5.82 Å². The van der Waals surface area contributed by atoms with Crippen LogP contribution in [0.1, 0.15) is 0 Å². The van der Waals surface area contributed by atoms with Crippen molar-refractivity contribution in [2.24, 2.45) is 5.18 Å². The fraction of sp³-hybridized carbons (Fsp3) is 0. The zero-order valence-electron chi connectivity index (χ0n) is 10.1. The van der Waals surface area contributed by atoms with E-state index < -0.39 is 0 Å². The molecule has 0 unspecified atom stereocenters. The highest BCUT2D eigenvalue weighted by Crippen LogP contribution is 2.15. The van der Waals surface area contributed by atoms with E-state index in [4.69, 9.17) is 5.11 Å². The van der Waals surface area contributed by atoms with Crippen LogP contribution < -0.4 is 0 Å². The Morgan fingerprint density at radius 2 is 1.53 bits per heavy atom. The van der Waals surface area contributed by atoms with Crippen LogP contribution in [0.25, 0.3) is 10.9 Å². The first kappa shape index (κ1) is 12.7. The lowest BCUT2D eigenvalue weighted by Gasteiger charge is -1.94. The van der Waals surface area contributed by atoms with Crippen molar-refractivity contribution in [3.05, 3.63) is 71.6 Å². The third-order valence-corrected chi connectivity index (χ3v) is 2.43. The Morgan fingerprint density at radius 3 is 2.16 bits per heavy atom. The lowest BCUT2D eigenvalue weighted by Crippen LogP contribution is -1.76. The average molecular weight is 252 g/mol. The molecule has 94 valence electrons. The number of para-hydroxylation sites is 2. The number of nitroso groups, excluding NO2 is 1. The molecule has 4 nitrogen and oxygen atoms in total. The summed E-state index contributed by atoms with van der Waals surface area (Å²) >= 11 is 0. The molecule has 0 aliphatic heterocycles. The Hall–Kier alpha value is -2.75. The van der Waals surface area contributed by atoms with Crippen molar-refractivity contribution in [3.63, 3.8) is 0 Å². The van der Waals surface area contributed by atoms with E-state index >= 15 is 0 Å². The van der Waals surface area contributed by atoms with Gasteiger partial charge in [-0.25, -0.2) is 4.98 Å². The predicted molar refractivity (Wildman–Crippen MR) is 75.3 cm³/mol. The number of fused-ring (bicyclic) bond motifs is 1. The van der Waals surface area contributed by atoms with Crippen molar-refractivity contribution in [1.82, 2.24) is 4.98 Å². The number of hydrogen-bond acceptors (Lipinski definition) is 4. The fourth-order valence-corrected chi connectivity index (χ4v) is 1.53. The predicted octanol–water partition coefficient (Wildman–Crippen LogP) is 4.02. The van der Waals surface area contributed by atoms with Crippen LogP contribution in [0.15, 0.2) is 71.9 Å². The van der Waals surface area contributed by atoms with Crippen LogP contribution in [0.4, 0.5) is 5.82 Å². The van der Waals surface area contributed by atoms with E-state index in [2.05, 4.69) is 10.2 Å². The van der Waals surface area contributed by atoms with Gasteiger partial charge in [-0.1, -0.05) is 36.4 Å². The van der Waals surface area contributed by atoms with Crippen LogP contribution in [0.3, 0.4) is 0 Å². The van der Waals surface area contributed by atoms with E-state index in [9.17, 15) is 4.91 Å². The zero-order chi connectivity index (χ0) is 13.5. The van der Waals surface area contributed by atoms with Crippen LogP contribution in [-0.4, -0.2) is 10.1 Å². The Balaban J connectivity index is 0.000000163. The average Bonchev–Trinajstić information content (AvgIpc) is 2.48. The second-order valence-corrected chi connectivity index (χ2v) is 3.79. The van der Waals surface area contributed by atoms with Crippen molar-refractivity contribution in [1.29, 1.82) is 0 Å². The molecule has 19 heavy (non-hydrogen) atoms. The molecule has 1 heterocycles. The normalized spacial score (nSPS) is 9.47. The minimum atomic E-state index is 0.230. The highest BCUT2D eigenvalue weighted by Gasteiger charge is 1.95. The van der Waals surface area contributed by atoms with E-state index in [1.54, 1.807) is 30.3 Å². The van der Waals surface area contributed by atoms with Gasteiger partial charge in [-0.3, -0.25) is 0 Å². The van der Waals surface area contributed by atoms with Crippen molar-refractivity contribution in [2.75, 3.05) is 0 Å². The summed E-state index contributed by atoms with van der Waals surface area (Å²) in [5, 5.41) is 12.4. The van der Waals surface area contributed by atoms with E-state index in [1.165, 1.54) is 0 Å². The topological polar surface area (TPSA) is 62.5 Å². The molecule has 3 rings (SSSR count). The molecule has 0 saturated heterocycles. The number of hydrogen-bond donors (Lipinski definition) is 1. The van der Waals surface area contributed by atoms with Crippen LogP contribution in [0, 0.1) is 4.91 Å². The minimum Gasteiger partial charge on any atom is -0.508 e. The smallest absolute Gasteiger partial charge is 0.197 e. The second kappa shape index (κ2) is 6.26. The lowest BCUT2D eigenvalue weighted by atomic mass is 10.2.